The maximum absolute atomic E-state index is 11.6. The van der Waals surface area contributed by atoms with Crippen LogP contribution in [-0.2, 0) is 0 Å². The third-order valence-electron chi connectivity index (χ3n) is 3.04. The molecule has 102 valence electrons. The van der Waals surface area contributed by atoms with E-state index in [0.29, 0.717) is 22.3 Å². The first-order valence-electron chi connectivity index (χ1n) is 6.02. The van der Waals surface area contributed by atoms with Crippen LogP contribution in [-0.4, -0.2) is 17.0 Å². The molecule has 0 saturated heterocycles. The molecule has 0 bridgehead atoms. The molecule has 1 amide bonds. The maximum atomic E-state index is 11.6. The first-order valence-corrected chi connectivity index (χ1v) is 6.02. The molecular formula is C15H15N3O2. The molecule has 0 unspecified atom stereocenters. The summed E-state index contributed by atoms with van der Waals surface area (Å²) in [7, 11) is 0. The van der Waals surface area contributed by atoms with Gasteiger partial charge in [0.25, 0.3) is 0 Å². The van der Waals surface area contributed by atoms with Gasteiger partial charge in [-0.15, -0.1) is 0 Å². The molecule has 2 rings (SSSR count). The number of hydrogen-bond donors (Lipinski definition) is 3. The van der Waals surface area contributed by atoms with Crippen molar-refractivity contribution in [3.63, 3.8) is 0 Å². The third-order valence-corrected chi connectivity index (χ3v) is 3.04. The number of primary amides is 1. The van der Waals surface area contributed by atoms with Crippen molar-refractivity contribution in [1.82, 2.24) is 0 Å². The largest absolute Gasteiger partial charge is 0.409 e. The number of aryl methyl sites for hydroxylation is 1. The monoisotopic (exact) mass is 269 g/mol. The van der Waals surface area contributed by atoms with E-state index in [1.165, 1.54) is 0 Å². The fraction of sp³-hybridized carbons (Fsp3) is 0.0667. The highest BCUT2D eigenvalue weighted by Crippen LogP contribution is 2.27. The highest BCUT2D eigenvalue weighted by atomic mass is 16.4. The van der Waals surface area contributed by atoms with E-state index in [1.807, 2.05) is 19.1 Å². The smallest absolute Gasteiger partial charge is 0.249 e. The van der Waals surface area contributed by atoms with Crippen LogP contribution in [0.5, 0.6) is 0 Å². The van der Waals surface area contributed by atoms with Gasteiger partial charge >= 0.3 is 0 Å². The van der Waals surface area contributed by atoms with Crippen LogP contribution in [0.3, 0.4) is 0 Å². The number of amidine groups is 1. The molecular weight excluding hydrogens is 254 g/mol. The molecule has 0 atom stereocenters. The van der Waals surface area contributed by atoms with Crippen LogP contribution in [0.4, 0.5) is 0 Å². The second-order valence-corrected chi connectivity index (χ2v) is 4.44. The fourth-order valence-corrected chi connectivity index (χ4v) is 2.09. The van der Waals surface area contributed by atoms with Crippen LogP contribution in [0.1, 0.15) is 21.5 Å². The first kappa shape index (κ1) is 13.6. The second kappa shape index (κ2) is 5.44. The van der Waals surface area contributed by atoms with Gasteiger partial charge in [-0.1, -0.05) is 47.1 Å². The molecule has 0 fully saturated rings. The van der Waals surface area contributed by atoms with E-state index >= 15 is 0 Å². The van der Waals surface area contributed by atoms with E-state index in [2.05, 4.69) is 5.16 Å². The summed E-state index contributed by atoms with van der Waals surface area (Å²) in [5.41, 5.74) is 14.3. The molecule has 0 radical (unpaired) electrons. The van der Waals surface area contributed by atoms with E-state index in [0.717, 1.165) is 5.56 Å². The van der Waals surface area contributed by atoms with Crippen LogP contribution in [0.25, 0.3) is 11.1 Å². The Balaban J connectivity index is 2.72. The van der Waals surface area contributed by atoms with Gasteiger partial charge in [-0.25, -0.2) is 0 Å². The molecule has 2 aromatic carbocycles. The van der Waals surface area contributed by atoms with Gasteiger partial charge in [0, 0.05) is 11.1 Å². The number of amides is 1. The minimum Gasteiger partial charge on any atom is -0.409 e. The lowest BCUT2D eigenvalue weighted by Crippen LogP contribution is -2.16. The predicted molar refractivity (Wildman–Crippen MR) is 77.6 cm³/mol. The van der Waals surface area contributed by atoms with E-state index in [4.69, 9.17) is 16.7 Å². The first-order chi connectivity index (χ1) is 9.54. The number of nitrogens with two attached hydrogens (primary N) is 2. The topological polar surface area (TPSA) is 102 Å². The zero-order valence-electron chi connectivity index (χ0n) is 11.0. The van der Waals surface area contributed by atoms with Crippen LogP contribution >= 0.6 is 0 Å². The quantitative estimate of drug-likeness (QED) is 0.343. The minimum absolute atomic E-state index is 0.0170. The molecule has 0 aromatic heterocycles. The Labute approximate surface area is 116 Å². The van der Waals surface area contributed by atoms with Gasteiger partial charge in [0.15, 0.2) is 5.84 Å². The Morgan fingerprint density at radius 3 is 2.35 bits per heavy atom. The highest BCUT2D eigenvalue weighted by Gasteiger charge is 2.14. The van der Waals surface area contributed by atoms with E-state index in [9.17, 15) is 4.79 Å². The highest BCUT2D eigenvalue weighted by molar-refractivity contribution is 6.07. The fourth-order valence-electron chi connectivity index (χ4n) is 2.09. The van der Waals surface area contributed by atoms with Gasteiger partial charge in [-0.2, -0.15) is 0 Å². The van der Waals surface area contributed by atoms with Gasteiger partial charge in [0.1, 0.15) is 0 Å². The molecule has 0 aliphatic heterocycles. The number of rotatable bonds is 3. The lowest BCUT2D eigenvalue weighted by Gasteiger charge is -2.12. The molecule has 5 N–H and O–H groups in total. The lowest BCUT2D eigenvalue weighted by atomic mass is 9.93. The summed E-state index contributed by atoms with van der Waals surface area (Å²) in [6.45, 7) is 1.88. The Hall–Kier alpha value is -2.82. The number of hydrogen-bond acceptors (Lipinski definition) is 3. The van der Waals surface area contributed by atoms with Crippen molar-refractivity contribution >= 4 is 11.7 Å². The molecule has 0 aliphatic carbocycles. The van der Waals surface area contributed by atoms with Gasteiger partial charge in [-0.3, -0.25) is 4.79 Å². The number of carbonyl (C=O) groups excluding carboxylic acids is 1. The average molecular weight is 269 g/mol. The van der Waals surface area contributed by atoms with Crippen molar-refractivity contribution in [2.75, 3.05) is 0 Å². The molecule has 0 heterocycles. The van der Waals surface area contributed by atoms with Crippen LogP contribution in [0, 0.1) is 6.92 Å². The molecule has 2 aromatic rings. The summed E-state index contributed by atoms with van der Waals surface area (Å²) in [5, 5.41) is 11.9. The van der Waals surface area contributed by atoms with E-state index < -0.39 is 5.91 Å². The van der Waals surface area contributed by atoms with Gasteiger partial charge in [0.05, 0.1) is 0 Å². The van der Waals surface area contributed by atoms with E-state index in [-0.39, 0.29) is 5.84 Å². The van der Waals surface area contributed by atoms with Crippen molar-refractivity contribution < 1.29 is 10.0 Å². The number of benzene rings is 2. The minimum atomic E-state index is -0.516. The van der Waals surface area contributed by atoms with Gasteiger partial charge < -0.3 is 16.7 Å². The number of nitrogens with zero attached hydrogens (tertiary/aromatic N) is 1. The van der Waals surface area contributed by atoms with Crippen molar-refractivity contribution in [2.45, 2.75) is 6.92 Å². The van der Waals surface area contributed by atoms with Crippen molar-refractivity contribution in [3.8, 4) is 11.1 Å². The van der Waals surface area contributed by atoms with Crippen LogP contribution in [0.2, 0.25) is 0 Å². The summed E-state index contributed by atoms with van der Waals surface area (Å²) < 4.78 is 0. The molecule has 5 nitrogen and oxygen atoms in total. The second-order valence-electron chi connectivity index (χ2n) is 4.44. The summed E-state index contributed by atoms with van der Waals surface area (Å²) in [5.74, 6) is -0.533. The molecule has 0 aliphatic rings. The summed E-state index contributed by atoms with van der Waals surface area (Å²) in [6.07, 6.45) is 0. The maximum Gasteiger partial charge on any atom is 0.249 e. The van der Waals surface area contributed by atoms with Crippen molar-refractivity contribution in [1.29, 1.82) is 0 Å². The molecule has 20 heavy (non-hydrogen) atoms. The normalized spacial score (nSPS) is 11.3. The van der Waals surface area contributed by atoms with Crippen molar-refractivity contribution in [3.05, 3.63) is 59.2 Å². The summed E-state index contributed by atoms with van der Waals surface area (Å²) in [4.78, 5) is 11.6. The average Bonchev–Trinajstić information content (AvgIpc) is 2.46. The Bertz CT molecular complexity index is 693. The van der Waals surface area contributed by atoms with Gasteiger partial charge in [-0.05, 0) is 24.1 Å². The molecule has 0 saturated carbocycles. The van der Waals surface area contributed by atoms with Gasteiger partial charge in [0.2, 0.25) is 5.91 Å². The number of carbonyl (C=O) groups is 1. The molecule has 5 heteroatoms. The predicted octanol–water partition coefficient (Wildman–Crippen LogP) is 1.86. The Morgan fingerprint density at radius 2 is 1.70 bits per heavy atom. The third kappa shape index (κ3) is 2.47. The summed E-state index contributed by atoms with van der Waals surface area (Å²) in [6, 6.07) is 12.5. The Kier molecular flexibility index (Phi) is 3.70. The van der Waals surface area contributed by atoms with Crippen LogP contribution in [0.15, 0.2) is 47.6 Å². The zero-order valence-corrected chi connectivity index (χ0v) is 11.0. The van der Waals surface area contributed by atoms with Crippen molar-refractivity contribution in [2.24, 2.45) is 16.6 Å². The van der Waals surface area contributed by atoms with Crippen LogP contribution < -0.4 is 11.5 Å². The lowest BCUT2D eigenvalue weighted by molar-refractivity contribution is 0.100. The summed E-state index contributed by atoms with van der Waals surface area (Å²) >= 11 is 0. The standard InChI is InChI=1S/C15H15N3O2/c1-9-6-7-11(13(8-9)15(17)19)10-4-2-3-5-12(10)14(16)18-20/h2-8,20H,1H3,(H2,16,18)(H2,17,19). The SMILES string of the molecule is Cc1ccc(-c2ccccc2/C(N)=N/O)c(C(N)=O)c1. The zero-order chi connectivity index (χ0) is 14.7. The van der Waals surface area contributed by atoms with E-state index in [1.54, 1.807) is 30.3 Å². The Morgan fingerprint density at radius 1 is 1.05 bits per heavy atom. The number of oxime groups is 1. The molecule has 0 spiro atoms.